The summed E-state index contributed by atoms with van der Waals surface area (Å²) in [6.45, 7) is 4.67. The SMILES string of the molecule is CCC(NC(=O)c1ccon1)c1ncnn1CC. The molecule has 0 radical (unpaired) electrons. The minimum absolute atomic E-state index is 0.184. The average Bonchev–Trinajstić information content (AvgIpc) is 3.05. The third-order valence-electron chi connectivity index (χ3n) is 2.64. The van der Waals surface area contributed by atoms with Crippen LogP contribution in [0.25, 0.3) is 0 Å². The number of aromatic nitrogens is 4. The van der Waals surface area contributed by atoms with Gasteiger partial charge in [-0.1, -0.05) is 12.1 Å². The van der Waals surface area contributed by atoms with Gasteiger partial charge in [0, 0.05) is 12.6 Å². The minimum atomic E-state index is -0.277. The Hall–Kier alpha value is -2.18. The first-order chi connectivity index (χ1) is 8.76. The van der Waals surface area contributed by atoms with Gasteiger partial charge in [-0.25, -0.2) is 9.67 Å². The van der Waals surface area contributed by atoms with E-state index in [-0.39, 0.29) is 17.6 Å². The fourth-order valence-corrected chi connectivity index (χ4v) is 1.70. The lowest BCUT2D eigenvalue weighted by atomic mass is 10.2. The van der Waals surface area contributed by atoms with Crippen LogP contribution < -0.4 is 5.32 Å². The lowest BCUT2D eigenvalue weighted by Crippen LogP contribution is -2.30. The molecule has 2 rings (SSSR count). The van der Waals surface area contributed by atoms with Gasteiger partial charge in [0.05, 0.1) is 6.04 Å². The van der Waals surface area contributed by atoms with Gasteiger partial charge in [-0.2, -0.15) is 5.10 Å². The number of nitrogens with zero attached hydrogens (tertiary/aromatic N) is 4. The van der Waals surface area contributed by atoms with Crippen molar-refractivity contribution in [2.24, 2.45) is 0 Å². The second kappa shape index (κ2) is 5.44. The van der Waals surface area contributed by atoms with Gasteiger partial charge in [0.25, 0.3) is 5.91 Å². The molecular weight excluding hydrogens is 234 g/mol. The van der Waals surface area contributed by atoms with Gasteiger partial charge in [0.2, 0.25) is 0 Å². The molecule has 96 valence electrons. The Kier molecular flexibility index (Phi) is 3.71. The van der Waals surface area contributed by atoms with Gasteiger partial charge in [-0.05, 0) is 13.3 Å². The van der Waals surface area contributed by atoms with Crippen molar-refractivity contribution < 1.29 is 9.32 Å². The molecule has 0 saturated carbocycles. The molecule has 0 bridgehead atoms. The van der Waals surface area contributed by atoms with Crippen LogP contribution in [-0.4, -0.2) is 25.8 Å². The van der Waals surface area contributed by atoms with E-state index in [9.17, 15) is 4.79 Å². The first-order valence-corrected chi connectivity index (χ1v) is 5.85. The summed E-state index contributed by atoms with van der Waals surface area (Å²) >= 11 is 0. The highest BCUT2D eigenvalue weighted by Crippen LogP contribution is 2.14. The number of rotatable bonds is 5. The first-order valence-electron chi connectivity index (χ1n) is 5.85. The molecule has 0 spiro atoms. The summed E-state index contributed by atoms with van der Waals surface area (Å²) in [5.74, 6) is 0.470. The largest absolute Gasteiger partial charge is 0.364 e. The van der Waals surface area contributed by atoms with E-state index in [1.54, 1.807) is 4.68 Å². The standard InChI is InChI=1S/C11H15N5O2/c1-3-8(10-12-7-13-16(10)4-2)14-11(17)9-5-6-18-15-9/h5-8H,3-4H2,1-2H3,(H,14,17). The third kappa shape index (κ3) is 2.39. The highest BCUT2D eigenvalue weighted by atomic mass is 16.5. The third-order valence-corrected chi connectivity index (χ3v) is 2.64. The number of carbonyl (C=O) groups is 1. The molecule has 0 aliphatic rings. The fraction of sp³-hybridized carbons (Fsp3) is 0.455. The number of carbonyl (C=O) groups excluding carboxylic acids is 1. The summed E-state index contributed by atoms with van der Waals surface area (Å²) in [4.78, 5) is 16.1. The minimum Gasteiger partial charge on any atom is -0.364 e. The van der Waals surface area contributed by atoms with Crippen molar-refractivity contribution in [3.63, 3.8) is 0 Å². The molecule has 0 fully saturated rings. The summed E-state index contributed by atoms with van der Waals surface area (Å²) in [5.41, 5.74) is 0.260. The highest BCUT2D eigenvalue weighted by Gasteiger charge is 2.19. The molecule has 1 N–H and O–H groups in total. The van der Waals surface area contributed by atoms with Gasteiger partial charge in [-0.3, -0.25) is 4.79 Å². The molecule has 2 heterocycles. The summed E-state index contributed by atoms with van der Waals surface area (Å²) in [7, 11) is 0. The van der Waals surface area contributed by atoms with E-state index in [0.29, 0.717) is 6.54 Å². The molecule has 18 heavy (non-hydrogen) atoms. The molecule has 1 amide bonds. The molecule has 2 aromatic rings. The summed E-state index contributed by atoms with van der Waals surface area (Å²) in [6.07, 6.45) is 3.58. The zero-order chi connectivity index (χ0) is 13.0. The Balaban J connectivity index is 2.13. The van der Waals surface area contributed by atoms with Gasteiger partial charge in [0.15, 0.2) is 5.69 Å². The Morgan fingerprint density at radius 3 is 3.00 bits per heavy atom. The lowest BCUT2D eigenvalue weighted by molar-refractivity contribution is 0.0923. The van der Waals surface area contributed by atoms with Crippen molar-refractivity contribution in [3.05, 3.63) is 30.2 Å². The molecule has 0 aliphatic heterocycles. The predicted molar refractivity (Wildman–Crippen MR) is 62.7 cm³/mol. The van der Waals surface area contributed by atoms with Crippen LogP contribution in [0, 0.1) is 0 Å². The van der Waals surface area contributed by atoms with Gasteiger partial charge in [-0.15, -0.1) is 0 Å². The van der Waals surface area contributed by atoms with Crippen LogP contribution >= 0.6 is 0 Å². The first kappa shape index (κ1) is 12.3. The Morgan fingerprint density at radius 1 is 1.56 bits per heavy atom. The Morgan fingerprint density at radius 2 is 2.39 bits per heavy atom. The molecule has 2 aromatic heterocycles. The number of amides is 1. The van der Waals surface area contributed by atoms with E-state index in [1.807, 2.05) is 13.8 Å². The second-order valence-corrected chi connectivity index (χ2v) is 3.75. The van der Waals surface area contributed by atoms with Crippen LogP contribution in [0.1, 0.15) is 42.6 Å². The van der Waals surface area contributed by atoms with Crippen LogP contribution in [0.2, 0.25) is 0 Å². The van der Waals surface area contributed by atoms with Crippen LogP contribution in [-0.2, 0) is 6.54 Å². The number of hydrogen-bond acceptors (Lipinski definition) is 5. The van der Waals surface area contributed by atoms with Gasteiger partial charge >= 0.3 is 0 Å². The monoisotopic (exact) mass is 249 g/mol. The van der Waals surface area contributed by atoms with Crippen molar-refractivity contribution in [1.29, 1.82) is 0 Å². The van der Waals surface area contributed by atoms with E-state index < -0.39 is 0 Å². The topological polar surface area (TPSA) is 85.8 Å². The molecular formula is C11H15N5O2. The maximum Gasteiger partial charge on any atom is 0.274 e. The molecule has 0 aromatic carbocycles. The number of aryl methyl sites for hydroxylation is 1. The van der Waals surface area contributed by atoms with E-state index >= 15 is 0 Å². The summed E-state index contributed by atoms with van der Waals surface area (Å²) < 4.78 is 6.40. The second-order valence-electron chi connectivity index (χ2n) is 3.75. The number of hydrogen-bond donors (Lipinski definition) is 1. The zero-order valence-electron chi connectivity index (χ0n) is 10.3. The van der Waals surface area contributed by atoms with Crippen molar-refractivity contribution in [2.75, 3.05) is 0 Å². The van der Waals surface area contributed by atoms with Crippen molar-refractivity contribution >= 4 is 5.91 Å². The average molecular weight is 249 g/mol. The van der Waals surface area contributed by atoms with E-state index in [1.165, 1.54) is 18.7 Å². The molecule has 1 unspecified atom stereocenters. The molecule has 0 saturated heterocycles. The van der Waals surface area contributed by atoms with Crippen molar-refractivity contribution in [3.8, 4) is 0 Å². The summed E-state index contributed by atoms with van der Waals surface area (Å²) in [5, 5.41) is 10.6. The van der Waals surface area contributed by atoms with Crippen LogP contribution in [0.5, 0.6) is 0 Å². The van der Waals surface area contributed by atoms with Crippen LogP contribution in [0.3, 0.4) is 0 Å². The maximum atomic E-state index is 11.9. The molecule has 7 nitrogen and oxygen atoms in total. The van der Waals surface area contributed by atoms with Crippen molar-refractivity contribution in [1.82, 2.24) is 25.2 Å². The molecule has 1 atom stereocenters. The van der Waals surface area contributed by atoms with E-state index in [2.05, 4.69) is 25.1 Å². The quantitative estimate of drug-likeness (QED) is 0.859. The van der Waals surface area contributed by atoms with Crippen LogP contribution in [0.4, 0.5) is 0 Å². The summed E-state index contributed by atoms with van der Waals surface area (Å²) in [6, 6.07) is 1.34. The van der Waals surface area contributed by atoms with Gasteiger partial charge < -0.3 is 9.84 Å². The van der Waals surface area contributed by atoms with Crippen molar-refractivity contribution in [2.45, 2.75) is 32.9 Å². The Labute approximate surface area is 104 Å². The lowest BCUT2D eigenvalue weighted by Gasteiger charge is -2.15. The molecule has 7 heteroatoms. The number of nitrogens with one attached hydrogen (secondary N) is 1. The molecule has 0 aliphatic carbocycles. The van der Waals surface area contributed by atoms with Crippen LogP contribution in [0.15, 0.2) is 23.2 Å². The predicted octanol–water partition coefficient (Wildman–Crippen LogP) is 1.17. The van der Waals surface area contributed by atoms with E-state index in [0.717, 1.165) is 12.2 Å². The zero-order valence-corrected chi connectivity index (χ0v) is 10.3. The maximum absolute atomic E-state index is 11.9. The normalized spacial score (nSPS) is 12.3. The van der Waals surface area contributed by atoms with Gasteiger partial charge in [0.1, 0.15) is 18.4 Å². The smallest absolute Gasteiger partial charge is 0.274 e. The highest BCUT2D eigenvalue weighted by molar-refractivity contribution is 5.92. The fourth-order valence-electron chi connectivity index (χ4n) is 1.70. The Bertz CT molecular complexity index is 505. The van der Waals surface area contributed by atoms with E-state index in [4.69, 9.17) is 0 Å².